The predicted molar refractivity (Wildman–Crippen MR) is 116 cm³/mol. The second kappa shape index (κ2) is 11.8. The Balaban J connectivity index is 2.36. The number of unbranched alkanes of at least 4 members (excludes halogenated alkanes) is 1. The maximum atomic E-state index is 12.9. The number of carbonyl (C=O) groups excluding carboxylic acids is 2. The van der Waals surface area contributed by atoms with Crippen LogP contribution in [0.3, 0.4) is 0 Å². The molecule has 29 heavy (non-hydrogen) atoms. The fraction of sp³-hybridized carbons (Fsp3) is 0.455. The Hall–Kier alpha value is -2.96. The molecule has 0 atom stereocenters. The molecule has 7 heteroatoms. The van der Waals surface area contributed by atoms with Gasteiger partial charge in [-0.3, -0.25) is 4.79 Å². The van der Waals surface area contributed by atoms with Gasteiger partial charge in [-0.1, -0.05) is 20.3 Å². The van der Waals surface area contributed by atoms with Gasteiger partial charge in [0.1, 0.15) is 5.76 Å². The third-order valence-corrected chi connectivity index (χ3v) is 4.42. The number of hydrogen-bond acceptors (Lipinski definition) is 4. The number of urea groups is 1. The molecule has 0 aliphatic carbocycles. The van der Waals surface area contributed by atoms with Crippen molar-refractivity contribution < 1.29 is 14.0 Å². The summed E-state index contributed by atoms with van der Waals surface area (Å²) < 4.78 is 5.53. The average Bonchev–Trinajstić information content (AvgIpc) is 3.22. The van der Waals surface area contributed by atoms with E-state index in [1.165, 1.54) is 0 Å². The zero-order valence-electron chi connectivity index (χ0n) is 17.6. The van der Waals surface area contributed by atoms with Crippen molar-refractivity contribution in [1.82, 2.24) is 10.6 Å². The highest BCUT2D eigenvalue weighted by atomic mass is 16.3. The van der Waals surface area contributed by atoms with Gasteiger partial charge in [0.2, 0.25) is 0 Å². The van der Waals surface area contributed by atoms with Crippen molar-refractivity contribution in [3.8, 4) is 0 Å². The van der Waals surface area contributed by atoms with Crippen LogP contribution in [0.4, 0.5) is 16.2 Å². The highest BCUT2D eigenvalue weighted by molar-refractivity contribution is 6.02. The van der Waals surface area contributed by atoms with E-state index in [-0.39, 0.29) is 11.9 Å². The Bertz CT molecular complexity index is 774. The van der Waals surface area contributed by atoms with Crippen molar-refractivity contribution in [2.45, 2.75) is 46.6 Å². The first-order valence-corrected chi connectivity index (χ1v) is 10.3. The first-order chi connectivity index (χ1) is 14.1. The normalized spacial score (nSPS) is 10.4. The Morgan fingerprint density at radius 3 is 2.55 bits per heavy atom. The molecule has 0 unspecified atom stereocenters. The van der Waals surface area contributed by atoms with Crippen molar-refractivity contribution in [3.05, 3.63) is 47.9 Å². The van der Waals surface area contributed by atoms with E-state index in [4.69, 9.17) is 4.42 Å². The Kier molecular flexibility index (Phi) is 9.08. The number of furan rings is 1. The predicted octanol–water partition coefficient (Wildman–Crippen LogP) is 4.37. The average molecular weight is 401 g/mol. The quantitative estimate of drug-likeness (QED) is 0.523. The van der Waals surface area contributed by atoms with E-state index in [1.54, 1.807) is 12.3 Å². The summed E-state index contributed by atoms with van der Waals surface area (Å²) >= 11 is 0. The number of rotatable bonds is 11. The van der Waals surface area contributed by atoms with Gasteiger partial charge < -0.3 is 25.3 Å². The van der Waals surface area contributed by atoms with Crippen molar-refractivity contribution in [1.29, 1.82) is 0 Å². The molecule has 3 amide bonds. The van der Waals surface area contributed by atoms with Gasteiger partial charge in [-0.05, 0) is 50.1 Å². The van der Waals surface area contributed by atoms with Gasteiger partial charge in [0, 0.05) is 25.3 Å². The summed E-state index contributed by atoms with van der Waals surface area (Å²) in [6.07, 6.45) is 4.55. The second-order valence-corrected chi connectivity index (χ2v) is 6.83. The van der Waals surface area contributed by atoms with E-state index in [0.717, 1.165) is 37.3 Å². The van der Waals surface area contributed by atoms with Crippen LogP contribution in [0.1, 0.15) is 56.2 Å². The number of benzene rings is 1. The molecule has 3 N–H and O–H groups in total. The summed E-state index contributed by atoms with van der Waals surface area (Å²) in [7, 11) is 0. The van der Waals surface area contributed by atoms with Gasteiger partial charge in [-0.25, -0.2) is 4.79 Å². The summed E-state index contributed by atoms with van der Waals surface area (Å²) in [4.78, 5) is 26.9. The molecule has 0 radical (unpaired) electrons. The summed E-state index contributed by atoms with van der Waals surface area (Å²) in [6.45, 7) is 8.50. The molecular formula is C22H32N4O3. The summed E-state index contributed by atoms with van der Waals surface area (Å²) in [5, 5.41) is 8.43. The molecule has 0 bridgehead atoms. The largest absolute Gasteiger partial charge is 0.467 e. The molecular weight excluding hydrogens is 368 g/mol. The lowest BCUT2D eigenvalue weighted by Gasteiger charge is -2.26. The number of hydrogen-bond donors (Lipinski definition) is 3. The molecule has 158 valence electrons. The van der Waals surface area contributed by atoms with Crippen molar-refractivity contribution in [3.63, 3.8) is 0 Å². The first kappa shape index (κ1) is 22.3. The zero-order chi connectivity index (χ0) is 21.1. The molecule has 1 aromatic carbocycles. The standard InChI is InChI=1S/C22H32N4O3/c1-4-7-13-26(16-18-9-8-14-29-18)20-11-10-17(25-22(28)23-6-3)15-19(20)21(27)24-12-5-2/h8-11,14-15H,4-7,12-13,16H2,1-3H3,(H,24,27)(H2,23,25,28). The third-order valence-electron chi connectivity index (χ3n) is 4.42. The first-order valence-electron chi connectivity index (χ1n) is 10.3. The van der Waals surface area contributed by atoms with Crippen LogP contribution < -0.4 is 20.9 Å². The van der Waals surface area contributed by atoms with Crippen LogP contribution in [-0.4, -0.2) is 31.6 Å². The van der Waals surface area contributed by atoms with Crippen molar-refractivity contribution >= 4 is 23.3 Å². The molecule has 7 nitrogen and oxygen atoms in total. The van der Waals surface area contributed by atoms with Crippen molar-refractivity contribution in [2.75, 3.05) is 29.9 Å². The molecule has 2 rings (SSSR count). The lowest BCUT2D eigenvalue weighted by Crippen LogP contribution is -2.31. The molecule has 1 heterocycles. The van der Waals surface area contributed by atoms with Gasteiger partial charge in [0.15, 0.2) is 0 Å². The maximum Gasteiger partial charge on any atom is 0.319 e. The van der Waals surface area contributed by atoms with Gasteiger partial charge >= 0.3 is 6.03 Å². The zero-order valence-corrected chi connectivity index (χ0v) is 17.6. The third kappa shape index (κ3) is 6.85. The number of nitrogens with zero attached hydrogens (tertiary/aromatic N) is 1. The number of carbonyl (C=O) groups is 2. The Morgan fingerprint density at radius 2 is 1.90 bits per heavy atom. The van der Waals surface area contributed by atoms with Crippen LogP contribution in [0.25, 0.3) is 0 Å². The van der Waals surface area contributed by atoms with E-state index in [2.05, 4.69) is 27.8 Å². The van der Waals surface area contributed by atoms with Crippen LogP contribution in [0.2, 0.25) is 0 Å². The Morgan fingerprint density at radius 1 is 1.07 bits per heavy atom. The second-order valence-electron chi connectivity index (χ2n) is 6.83. The maximum absolute atomic E-state index is 12.9. The minimum Gasteiger partial charge on any atom is -0.467 e. The summed E-state index contributed by atoms with van der Waals surface area (Å²) in [5.41, 5.74) is 1.94. The van der Waals surface area contributed by atoms with E-state index in [0.29, 0.717) is 30.9 Å². The fourth-order valence-corrected chi connectivity index (χ4v) is 2.97. The fourth-order valence-electron chi connectivity index (χ4n) is 2.97. The number of anilines is 2. The highest BCUT2D eigenvalue weighted by Gasteiger charge is 2.19. The molecule has 0 aliphatic heterocycles. The minimum absolute atomic E-state index is 0.151. The van der Waals surface area contributed by atoms with Crippen LogP contribution in [0, 0.1) is 0 Å². The topological polar surface area (TPSA) is 86.6 Å². The van der Waals surface area contributed by atoms with Gasteiger partial charge in [0.05, 0.1) is 24.1 Å². The summed E-state index contributed by atoms with van der Waals surface area (Å²) in [5.74, 6) is 0.688. The Labute approximate surface area is 172 Å². The SMILES string of the molecule is CCCCN(Cc1ccco1)c1ccc(NC(=O)NCC)cc1C(=O)NCCC. The molecule has 0 spiro atoms. The highest BCUT2D eigenvalue weighted by Crippen LogP contribution is 2.27. The smallest absolute Gasteiger partial charge is 0.319 e. The summed E-state index contributed by atoms with van der Waals surface area (Å²) in [6, 6.07) is 8.95. The molecule has 0 saturated carbocycles. The van der Waals surface area contributed by atoms with Crippen LogP contribution in [-0.2, 0) is 6.54 Å². The van der Waals surface area contributed by atoms with Gasteiger partial charge in [0.25, 0.3) is 5.91 Å². The van der Waals surface area contributed by atoms with Gasteiger partial charge in [-0.2, -0.15) is 0 Å². The van der Waals surface area contributed by atoms with Gasteiger partial charge in [-0.15, -0.1) is 0 Å². The van der Waals surface area contributed by atoms with E-state index in [1.807, 2.05) is 38.1 Å². The van der Waals surface area contributed by atoms with E-state index < -0.39 is 0 Å². The minimum atomic E-state index is -0.293. The lowest BCUT2D eigenvalue weighted by atomic mass is 10.1. The van der Waals surface area contributed by atoms with E-state index >= 15 is 0 Å². The van der Waals surface area contributed by atoms with Crippen LogP contribution in [0.15, 0.2) is 41.0 Å². The number of nitrogens with one attached hydrogen (secondary N) is 3. The molecule has 0 aliphatic rings. The molecule has 0 saturated heterocycles. The number of amides is 3. The van der Waals surface area contributed by atoms with Crippen LogP contribution >= 0.6 is 0 Å². The van der Waals surface area contributed by atoms with Crippen LogP contribution in [0.5, 0.6) is 0 Å². The molecule has 2 aromatic rings. The molecule has 0 fully saturated rings. The van der Waals surface area contributed by atoms with Crippen molar-refractivity contribution in [2.24, 2.45) is 0 Å². The monoisotopic (exact) mass is 400 g/mol. The lowest BCUT2D eigenvalue weighted by molar-refractivity contribution is 0.0954. The molecule has 1 aromatic heterocycles. The van der Waals surface area contributed by atoms with E-state index in [9.17, 15) is 9.59 Å².